The third-order valence-corrected chi connectivity index (χ3v) is 4.52. The van der Waals surface area contributed by atoms with Crippen molar-refractivity contribution in [2.75, 3.05) is 0 Å². The first-order chi connectivity index (χ1) is 10.3. The van der Waals surface area contributed by atoms with Crippen LogP contribution in [0.5, 0.6) is 0 Å². The number of aryl methyl sites for hydroxylation is 1. The van der Waals surface area contributed by atoms with Gasteiger partial charge in [-0.2, -0.15) is 5.10 Å². The van der Waals surface area contributed by atoms with Gasteiger partial charge in [-0.05, 0) is 25.5 Å². The summed E-state index contributed by atoms with van der Waals surface area (Å²) in [4.78, 5) is 13.8. The van der Waals surface area contributed by atoms with Gasteiger partial charge in [0.1, 0.15) is 12.7 Å². The number of rotatable bonds is 6. The predicted octanol–water partition coefficient (Wildman–Crippen LogP) is 0.862. The maximum atomic E-state index is 12.3. The first-order valence-corrected chi connectivity index (χ1v) is 7.87. The number of benzene rings is 1. The Labute approximate surface area is 127 Å². The van der Waals surface area contributed by atoms with Crippen LogP contribution in [0.3, 0.4) is 0 Å². The molecule has 0 aliphatic carbocycles. The van der Waals surface area contributed by atoms with Crippen molar-refractivity contribution in [2.45, 2.75) is 31.3 Å². The molecule has 0 amide bonds. The molecule has 10 heteroatoms. The lowest BCUT2D eigenvalue weighted by Crippen LogP contribution is -2.36. The molecular formula is C12H15N5O4S. The zero-order valence-corrected chi connectivity index (χ0v) is 12.8. The van der Waals surface area contributed by atoms with Crippen LogP contribution in [0, 0.1) is 17.0 Å². The fraction of sp³-hybridized carbons (Fsp3) is 0.333. The van der Waals surface area contributed by atoms with Crippen LogP contribution >= 0.6 is 0 Å². The minimum absolute atomic E-state index is 0.263. The number of nitrogens with one attached hydrogen (secondary N) is 1. The van der Waals surface area contributed by atoms with Crippen LogP contribution in [-0.2, 0) is 16.6 Å². The van der Waals surface area contributed by atoms with Crippen molar-refractivity contribution in [3.05, 3.63) is 46.5 Å². The summed E-state index contributed by atoms with van der Waals surface area (Å²) in [5.74, 6) is 0. The van der Waals surface area contributed by atoms with E-state index in [-0.39, 0.29) is 11.4 Å². The van der Waals surface area contributed by atoms with E-state index in [1.54, 1.807) is 13.8 Å². The smallest absolute Gasteiger partial charge is 0.258 e. The lowest BCUT2D eigenvalue weighted by molar-refractivity contribution is -0.387. The van der Waals surface area contributed by atoms with E-state index in [0.29, 0.717) is 5.56 Å². The lowest BCUT2D eigenvalue weighted by atomic mass is 10.2. The van der Waals surface area contributed by atoms with Gasteiger partial charge >= 0.3 is 0 Å². The molecule has 0 saturated carbocycles. The van der Waals surface area contributed by atoms with Crippen molar-refractivity contribution in [2.24, 2.45) is 0 Å². The molecule has 118 valence electrons. The number of nitro groups is 1. The highest BCUT2D eigenvalue weighted by Gasteiger charge is 2.27. The Morgan fingerprint density at radius 2 is 2.18 bits per heavy atom. The summed E-state index contributed by atoms with van der Waals surface area (Å²) in [7, 11) is -4.01. The Balaban J connectivity index is 2.25. The number of nitro benzene ring substituents is 1. The molecule has 0 fully saturated rings. The fourth-order valence-electron chi connectivity index (χ4n) is 1.97. The van der Waals surface area contributed by atoms with Crippen LogP contribution in [0.2, 0.25) is 0 Å². The molecule has 1 heterocycles. The van der Waals surface area contributed by atoms with E-state index in [1.165, 1.54) is 35.5 Å². The molecule has 0 unspecified atom stereocenters. The Kier molecular flexibility index (Phi) is 4.52. The summed E-state index contributed by atoms with van der Waals surface area (Å²) in [6, 6.07) is 3.48. The summed E-state index contributed by atoms with van der Waals surface area (Å²) in [6.45, 7) is 3.56. The van der Waals surface area contributed by atoms with E-state index < -0.39 is 26.7 Å². The third kappa shape index (κ3) is 3.65. The first kappa shape index (κ1) is 16.0. The number of nitrogens with zero attached hydrogens (tertiary/aromatic N) is 4. The van der Waals surface area contributed by atoms with E-state index >= 15 is 0 Å². The van der Waals surface area contributed by atoms with Gasteiger partial charge in [0.15, 0.2) is 4.90 Å². The molecule has 0 aliphatic rings. The minimum atomic E-state index is -4.01. The molecule has 0 aliphatic heterocycles. The van der Waals surface area contributed by atoms with Gasteiger partial charge in [-0.1, -0.05) is 6.07 Å². The van der Waals surface area contributed by atoms with Crippen LogP contribution in [0.25, 0.3) is 0 Å². The van der Waals surface area contributed by atoms with E-state index in [0.717, 1.165) is 0 Å². The second-order valence-electron chi connectivity index (χ2n) is 4.87. The highest BCUT2D eigenvalue weighted by Crippen LogP contribution is 2.24. The SMILES string of the molecule is Cc1ccc(S(=O)(=O)N[C@@H](C)Cn2cncn2)c([N+](=O)[O-])c1. The number of hydrogen-bond acceptors (Lipinski definition) is 6. The second-order valence-corrected chi connectivity index (χ2v) is 6.55. The Hall–Kier alpha value is -2.33. The lowest BCUT2D eigenvalue weighted by Gasteiger charge is -2.14. The molecule has 1 atom stereocenters. The first-order valence-electron chi connectivity index (χ1n) is 6.39. The van der Waals surface area contributed by atoms with Crippen molar-refractivity contribution in [1.82, 2.24) is 19.5 Å². The molecule has 2 rings (SSSR count). The molecule has 22 heavy (non-hydrogen) atoms. The van der Waals surface area contributed by atoms with Crippen molar-refractivity contribution in [3.63, 3.8) is 0 Å². The summed E-state index contributed by atoms with van der Waals surface area (Å²) < 4.78 is 28.6. The van der Waals surface area contributed by atoms with Crippen molar-refractivity contribution in [3.8, 4) is 0 Å². The van der Waals surface area contributed by atoms with E-state index in [2.05, 4.69) is 14.8 Å². The number of sulfonamides is 1. The van der Waals surface area contributed by atoms with Gasteiger partial charge in [0.05, 0.1) is 11.5 Å². The van der Waals surface area contributed by atoms with Crippen LogP contribution in [0.4, 0.5) is 5.69 Å². The van der Waals surface area contributed by atoms with E-state index in [9.17, 15) is 18.5 Å². The summed E-state index contributed by atoms with van der Waals surface area (Å²) in [5.41, 5.74) is 0.168. The maximum absolute atomic E-state index is 12.3. The quantitative estimate of drug-likeness (QED) is 0.621. The maximum Gasteiger partial charge on any atom is 0.289 e. The Morgan fingerprint density at radius 1 is 1.45 bits per heavy atom. The molecule has 0 bridgehead atoms. The van der Waals surface area contributed by atoms with Crippen molar-refractivity contribution >= 4 is 15.7 Å². The second kappa shape index (κ2) is 6.20. The topological polar surface area (TPSA) is 120 Å². The van der Waals surface area contributed by atoms with Gasteiger partial charge in [0.25, 0.3) is 5.69 Å². The molecule has 1 N–H and O–H groups in total. The van der Waals surface area contributed by atoms with Gasteiger partial charge in [0, 0.05) is 12.1 Å². The zero-order valence-electron chi connectivity index (χ0n) is 12.0. The third-order valence-electron chi connectivity index (χ3n) is 2.88. The van der Waals surface area contributed by atoms with Gasteiger partial charge in [0.2, 0.25) is 10.0 Å². The van der Waals surface area contributed by atoms with Gasteiger partial charge in [-0.25, -0.2) is 18.1 Å². The van der Waals surface area contributed by atoms with Gasteiger partial charge < -0.3 is 0 Å². The minimum Gasteiger partial charge on any atom is -0.258 e. The van der Waals surface area contributed by atoms with Crippen LogP contribution < -0.4 is 4.72 Å². The molecular weight excluding hydrogens is 310 g/mol. The normalized spacial score (nSPS) is 13.0. The summed E-state index contributed by atoms with van der Waals surface area (Å²) >= 11 is 0. The van der Waals surface area contributed by atoms with E-state index in [4.69, 9.17) is 0 Å². The Morgan fingerprint density at radius 3 is 2.77 bits per heavy atom. The average Bonchev–Trinajstić information content (AvgIpc) is 2.90. The fourth-order valence-corrected chi connectivity index (χ4v) is 3.36. The van der Waals surface area contributed by atoms with Crippen LogP contribution in [-0.4, -0.2) is 34.1 Å². The largest absolute Gasteiger partial charge is 0.289 e. The molecule has 1 aromatic heterocycles. The molecule has 2 aromatic rings. The predicted molar refractivity (Wildman–Crippen MR) is 77.6 cm³/mol. The van der Waals surface area contributed by atoms with Crippen molar-refractivity contribution < 1.29 is 13.3 Å². The molecule has 0 saturated heterocycles. The van der Waals surface area contributed by atoms with E-state index in [1.807, 2.05) is 0 Å². The standard InChI is InChI=1S/C12H15N5O4S/c1-9-3-4-12(11(5-9)17(18)19)22(20,21)15-10(2)6-16-8-13-7-14-16/h3-5,7-8,10,15H,6H2,1-2H3/t10-/m0/s1. The zero-order chi connectivity index (χ0) is 16.3. The molecule has 0 radical (unpaired) electrons. The highest BCUT2D eigenvalue weighted by atomic mass is 32.2. The van der Waals surface area contributed by atoms with Gasteiger partial charge in [-0.3, -0.25) is 14.8 Å². The number of hydrogen-bond donors (Lipinski definition) is 1. The van der Waals surface area contributed by atoms with Crippen molar-refractivity contribution in [1.29, 1.82) is 0 Å². The molecule has 9 nitrogen and oxygen atoms in total. The van der Waals surface area contributed by atoms with Crippen LogP contribution in [0.15, 0.2) is 35.7 Å². The Bertz CT molecular complexity index is 773. The summed E-state index contributed by atoms with van der Waals surface area (Å²) in [6.07, 6.45) is 2.80. The van der Waals surface area contributed by atoms with Gasteiger partial charge in [-0.15, -0.1) is 0 Å². The monoisotopic (exact) mass is 325 g/mol. The van der Waals surface area contributed by atoms with Crippen LogP contribution in [0.1, 0.15) is 12.5 Å². The highest BCUT2D eigenvalue weighted by molar-refractivity contribution is 7.89. The average molecular weight is 325 g/mol. The number of aromatic nitrogens is 3. The summed E-state index contributed by atoms with van der Waals surface area (Å²) in [5, 5.41) is 14.9. The molecule has 0 spiro atoms. The molecule has 1 aromatic carbocycles.